The number of hydrogen-bond donors (Lipinski definition) is 1. The fourth-order valence-corrected chi connectivity index (χ4v) is 4.27. The Balaban J connectivity index is 1.99. The molecule has 0 aliphatic rings. The molecular weight excluding hydrogens is 374 g/mol. The maximum atomic E-state index is 12.2. The van der Waals surface area contributed by atoms with Crippen LogP contribution in [0.15, 0.2) is 17.5 Å². The number of nitrogens with one attached hydrogen (secondary N) is 1. The summed E-state index contributed by atoms with van der Waals surface area (Å²) < 4.78 is 10.1. The first-order valence-corrected chi connectivity index (χ1v) is 9.93. The highest BCUT2D eigenvalue weighted by atomic mass is 32.1. The molecule has 0 aliphatic heterocycles. The summed E-state index contributed by atoms with van der Waals surface area (Å²) in [6.45, 7) is 5.42. The van der Waals surface area contributed by atoms with Crippen molar-refractivity contribution in [2.75, 3.05) is 18.5 Å². The molecule has 0 radical (unpaired) electrons. The molecule has 0 fully saturated rings. The average molecular weight is 396 g/mol. The fourth-order valence-electron chi connectivity index (χ4n) is 2.43. The van der Waals surface area contributed by atoms with Gasteiger partial charge in [0.05, 0.1) is 18.6 Å². The van der Waals surface area contributed by atoms with Gasteiger partial charge in [0.2, 0.25) is 0 Å². The van der Waals surface area contributed by atoms with Gasteiger partial charge in [-0.25, -0.2) is 4.79 Å². The number of esters is 2. The number of anilines is 1. The van der Waals surface area contributed by atoms with E-state index in [4.69, 9.17) is 9.47 Å². The zero-order valence-electron chi connectivity index (χ0n) is 14.9. The Bertz CT molecular complexity index is 780. The second kappa shape index (κ2) is 9.49. The van der Waals surface area contributed by atoms with Crippen LogP contribution in [-0.2, 0) is 31.9 Å². The Morgan fingerprint density at radius 1 is 1.19 bits per heavy atom. The van der Waals surface area contributed by atoms with Crippen molar-refractivity contribution >= 4 is 45.5 Å². The number of carbonyl (C=O) groups is 3. The number of thiophene rings is 2. The van der Waals surface area contributed by atoms with Gasteiger partial charge in [-0.05, 0) is 37.3 Å². The molecule has 0 aliphatic carbocycles. The Kier molecular flexibility index (Phi) is 7.35. The quantitative estimate of drug-likeness (QED) is 0.691. The molecule has 1 amide bonds. The molecule has 0 spiro atoms. The zero-order chi connectivity index (χ0) is 19.1. The van der Waals surface area contributed by atoms with Crippen LogP contribution >= 0.6 is 22.7 Å². The maximum absolute atomic E-state index is 12.2. The first kappa shape index (κ1) is 20.1. The van der Waals surface area contributed by atoms with E-state index >= 15 is 0 Å². The molecule has 140 valence electrons. The van der Waals surface area contributed by atoms with Gasteiger partial charge in [-0.3, -0.25) is 9.59 Å². The number of rotatable bonds is 8. The summed E-state index contributed by atoms with van der Waals surface area (Å²) in [7, 11) is 0. The number of hydrogen-bond acceptors (Lipinski definition) is 7. The van der Waals surface area contributed by atoms with Crippen LogP contribution in [0.1, 0.15) is 39.5 Å². The van der Waals surface area contributed by atoms with E-state index in [1.165, 1.54) is 22.7 Å². The zero-order valence-corrected chi connectivity index (χ0v) is 16.6. The first-order chi connectivity index (χ1) is 12.5. The highest BCUT2D eigenvalue weighted by Crippen LogP contribution is 2.34. The second-order valence-corrected chi connectivity index (χ2v) is 7.64. The SMILES string of the molecule is CCOC(=O)c1c(NC(=O)COC(=O)Cc2cccs2)sc(C)c1CC. The molecule has 0 aromatic carbocycles. The molecule has 6 nitrogen and oxygen atoms in total. The molecule has 2 rings (SSSR count). The van der Waals surface area contributed by atoms with E-state index in [1.54, 1.807) is 6.92 Å². The Morgan fingerprint density at radius 3 is 2.58 bits per heavy atom. The standard InChI is InChI=1S/C18H21NO5S2/c1-4-13-11(3)26-17(16(13)18(22)23-5-2)19-14(20)10-24-15(21)9-12-7-6-8-25-12/h6-8H,4-5,9-10H2,1-3H3,(H,19,20). The van der Waals surface area contributed by atoms with E-state index in [1.807, 2.05) is 31.4 Å². The summed E-state index contributed by atoms with van der Waals surface area (Å²) in [5, 5.41) is 4.96. The van der Waals surface area contributed by atoms with Gasteiger partial charge in [-0.15, -0.1) is 22.7 Å². The number of amides is 1. The lowest BCUT2D eigenvalue weighted by atomic mass is 10.1. The number of ether oxygens (including phenoxy) is 2. The van der Waals surface area contributed by atoms with Gasteiger partial charge < -0.3 is 14.8 Å². The fraction of sp³-hybridized carbons (Fsp3) is 0.389. The maximum Gasteiger partial charge on any atom is 0.341 e. The van der Waals surface area contributed by atoms with Crippen LogP contribution < -0.4 is 5.32 Å². The van der Waals surface area contributed by atoms with Crippen molar-refractivity contribution in [3.63, 3.8) is 0 Å². The van der Waals surface area contributed by atoms with Crippen LogP contribution in [0.5, 0.6) is 0 Å². The van der Waals surface area contributed by atoms with Crippen molar-refractivity contribution < 1.29 is 23.9 Å². The van der Waals surface area contributed by atoms with Gasteiger partial charge in [0.1, 0.15) is 5.00 Å². The lowest BCUT2D eigenvalue weighted by Gasteiger charge is -2.08. The third-order valence-corrected chi connectivity index (χ3v) is 5.50. The molecule has 26 heavy (non-hydrogen) atoms. The monoisotopic (exact) mass is 395 g/mol. The third kappa shape index (κ3) is 5.15. The summed E-state index contributed by atoms with van der Waals surface area (Å²) in [6.07, 6.45) is 0.791. The van der Waals surface area contributed by atoms with Crippen LogP contribution in [0.2, 0.25) is 0 Å². The molecule has 2 aromatic heterocycles. The van der Waals surface area contributed by atoms with Crippen molar-refractivity contribution in [1.29, 1.82) is 0 Å². The van der Waals surface area contributed by atoms with E-state index in [2.05, 4.69) is 5.32 Å². The molecule has 0 saturated carbocycles. The number of carbonyl (C=O) groups excluding carboxylic acids is 3. The predicted octanol–water partition coefficient (Wildman–Crippen LogP) is 3.58. The van der Waals surface area contributed by atoms with Gasteiger partial charge >= 0.3 is 11.9 Å². The topological polar surface area (TPSA) is 81.7 Å². The average Bonchev–Trinajstić information content (AvgIpc) is 3.20. The van der Waals surface area contributed by atoms with E-state index in [9.17, 15) is 14.4 Å². The lowest BCUT2D eigenvalue weighted by molar-refractivity contribution is -0.146. The highest BCUT2D eigenvalue weighted by molar-refractivity contribution is 7.16. The summed E-state index contributed by atoms with van der Waals surface area (Å²) in [5.41, 5.74) is 1.24. The minimum absolute atomic E-state index is 0.136. The Labute approximate surface area is 160 Å². The molecule has 2 heterocycles. The highest BCUT2D eigenvalue weighted by Gasteiger charge is 2.23. The van der Waals surface area contributed by atoms with Crippen LogP contribution in [0.4, 0.5) is 5.00 Å². The van der Waals surface area contributed by atoms with Crippen molar-refractivity contribution in [3.05, 3.63) is 38.4 Å². The van der Waals surface area contributed by atoms with Crippen molar-refractivity contribution in [2.24, 2.45) is 0 Å². The Hall–Kier alpha value is -2.19. The van der Waals surface area contributed by atoms with Crippen molar-refractivity contribution in [2.45, 2.75) is 33.6 Å². The lowest BCUT2D eigenvalue weighted by Crippen LogP contribution is -2.22. The van der Waals surface area contributed by atoms with E-state index in [-0.39, 0.29) is 13.0 Å². The largest absolute Gasteiger partial charge is 0.462 e. The van der Waals surface area contributed by atoms with Gasteiger partial charge in [0.15, 0.2) is 6.61 Å². The smallest absolute Gasteiger partial charge is 0.341 e. The molecule has 0 unspecified atom stereocenters. The summed E-state index contributed by atoms with van der Waals surface area (Å²) in [4.78, 5) is 37.9. The van der Waals surface area contributed by atoms with Crippen LogP contribution in [-0.4, -0.2) is 31.1 Å². The third-order valence-electron chi connectivity index (χ3n) is 3.56. The van der Waals surface area contributed by atoms with E-state index < -0.39 is 24.5 Å². The number of aryl methyl sites for hydroxylation is 1. The van der Waals surface area contributed by atoms with Gasteiger partial charge in [-0.1, -0.05) is 13.0 Å². The molecule has 8 heteroatoms. The minimum atomic E-state index is -0.487. The van der Waals surface area contributed by atoms with Gasteiger partial charge in [0.25, 0.3) is 5.91 Å². The summed E-state index contributed by atoms with van der Waals surface area (Å²) in [6, 6.07) is 3.68. The second-order valence-electron chi connectivity index (χ2n) is 5.38. The Morgan fingerprint density at radius 2 is 1.96 bits per heavy atom. The predicted molar refractivity (Wildman–Crippen MR) is 102 cm³/mol. The summed E-state index contributed by atoms with van der Waals surface area (Å²) in [5.74, 6) is -1.41. The molecular formula is C18H21NO5S2. The van der Waals surface area contributed by atoms with E-state index in [0.29, 0.717) is 17.0 Å². The van der Waals surface area contributed by atoms with E-state index in [0.717, 1.165) is 15.3 Å². The molecule has 0 bridgehead atoms. The van der Waals surface area contributed by atoms with Crippen LogP contribution in [0, 0.1) is 6.92 Å². The summed E-state index contributed by atoms with van der Waals surface area (Å²) >= 11 is 2.77. The van der Waals surface area contributed by atoms with Crippen molar-refractivity contribution in [3.8, 4) is 0 Å². The van der Waals surface area contributed by atoms with Crippen LogP contribution in [0.25, 0.3) is 0 Å². The van der Waals surface area contributed by atoms with Crippen molar-refractivity contribution in [1.82, 2.24) is 0 Å². The molecule has 0 saturated heterocycles. The molecule has 0 atom stereocenters. The normalized spacial score (nSPS) is 10.4. The van der Waals surface area contributed by atoms with Crippen LogP contribution in [0.3, 0.4) is 0 Å². The van der Waals surface area contributed by atoms with Gasteiger partial charge in [-0.2, -0.15) is 0 Å². The molecule has 2 aromatic rings. The molecule has 1 N–H and O–H groups in total. The minimum Gasteiger partial charge on any atom is -0.462 e. The van der Waals surface area contributed by atoms with Gasteiger partial charge in [0, 0.05) is 9.75 Å². The first-order valence-electron chi connectivity index (χ1n) is 8.23.